The van der Waals surface area contributed by atoms with E-state index in [9.17, 15) is 14.4 Å². The Hall–Kier alpha value is -3.35. The van der Waals surface area contributed by atoms with Crippen LogP contribution in [0.1, 0.15) is 51.7 Å². The smallest absolute Gasteiger partial charge is 0.279 e. The van der Waals surface area contributed by atoms with Gasteiger partial charge in [-0.3, -0.25) is 25.2 Å². The van der Waals surface area contributed by atoms with E-state index < -0.39 is 17.9 Å². The van der Waals surface area contributed by atoms with E-state index in [2.05, 4.69) is 36.9 Å². The highest BCUT2D eigenvalue weighted by atomic mass is 16.5. The number of amides is 3. The summed E-state index contributed by atoms with van der Waals surface area (Å²) in [5, 5.41) is 2.75. The molecule has 1 atom stereocenters. The van der Waals surface area contributed by atoms with E-state index in [0.29, 0.717) is 12.3 Å². The maximum atomic E-state index is 12.1. The first-order valence-corrected chi connectivity index (χ1v) is 10.3. The topological polar surface area (TPSA) is 96.5 Å². The Bertz CT molecular complexity index is 874. The molecule has 7 nitrogen and oxygen atoms in total. The van der Waals surface area contributed by atoms with Crippen molar-refractivity contribution >= 4 is 17.7 Å². The molecular weight excluding hydrogens is 394 g/mol. The average Bonchev–Trinajstić information content (AvgIpc) is 2.75. The Morgan fingerprint density at radius 1 is 0.871 bits per heavy atom. The molecule has 0 aliphatic heterocycles. The molecule has 2 aromatic rings. The number of carbonyl (C=O) groups is 3. The predicted molar refractivity (Wildman–Crippen MR) is 119 cm³/mol. The van der Waals surface area contributed by atoms with Gasteiger partial charge < -0.3 is 10.1 Å². The standard InChI is InChI=1S/C24H31N3O4/c1-17(31-20-12-10-19(11-13-20)24(2,3)4)23(30)27-26-22(29)15-14-21(28)25-16-18-8-6-5-7-9-18/h5-13,17H,14-16H2,1-4H3,(H,25,28)(H,26,29)(H,27,30). The molecule has 0 aromatic heterocycles. The molecule has 166 valence electrons. The number of rotatable bonds is 8. The van der Waals surface area contributed by atoms with Crippen molar-refractivity contribution in [1.82, 2.24) is 16.2 Å². The minimum atomic E-state index is -0.796. The zero-order chi connectivity index (χ0) is 22.9. The van der Waals surface area contributed by atoms with Gasteiger partial charge in [-0.1, -0.05) is 63.2 Å². The van der Waals surface area contributed by atoms with Crippen LogP contribution in [-0.2, 0) is 26.3 Å². The Morgan fingerprint density at radius 3 is 2.10 bits per heavy atom. The van der Waals surface area contributed by atoms with Crippen LogP contribution in [0.25, 0.3) is 0 Å². The highest BCUT2D eigenvalue weighted by molar-refractivity contribution is 5.86. The Kier molecular flexibility index (Phi) is 8.61. The van der Waals surface area contributed by atoms with Gasteiger partial charge in [0.1, 0.15) is 5.75 Å². The summed E-state index contributed by atoms with van der Waals surface area (Å²) in [5.41, 5.74) is 6.81. The summed E-state index contributed by atoms with van der Waals surface area (Å²) in [5.74, 6) is -0.607. The number of hydrogen-bond donors (Lipinski definition) is 3. The van der Waals surface area contributed by atoms with Crippen molar-refractivity contribution in [1.29, 1.82) is 0 Å². The van der Waals surface area contributed by atoms with E-state index in [1.807, 2.05) is 54.6 Å². The van der Waals surface area contributed by atoms with Crippen LogP contribution in [-0.4, -0.2) is 23.8 Å². The van der Waals surface area contributed by atoms with E-state index in [4.69, 9.17) is 4.74 Å². The molecule has 0 fully saturated rings. The van der Waals surface area contributed by atoms with Gasteiger partial charge in [0.25, 0.3) is 5.91 Å². The molecule has 0 radical (unpaired) electrons. The lowest BCUT2D eigenvalue weighted by molar-refractivity contribution is -0.133. The molecule has 3 N–H and O–H groups in total. The number of nitrogens with one attached hydrogen (secondary N) is 3. The van der Waals surface area contributed by atoms with Crippen LogP contribution in [0, 0.1) is 0 Å². The molecule has 0 saturated heterocycles. The normalized spacial score (nSPS) is 11.9. The third-order valence-corrected chi connectivity index (χ3v) is 4.64. The zero-order valence-electron chi connectivity index (χ0n) is 18.5. The van der Waals surface area contributed by atoms with Crippen LogP contribution in [0.15, 0.2) is 54.6 Å². The van der Waals surface area contributed by atoms with Crippen molar-refractivity contribution in [3.8, 4) is 5.75 Å². The van der Waals surface area contributed by atoms with Gasteiger partial charge in [-0.05, 0) is 35.6 Å². The number of hydrogen-bond acceptors (Lipinski definition) is 4. The molecule has 1 unspecified atom stereocenters. The minimum Gasteiger partial charge on any atom is -0.481 e. The molecular formula is C24H31N3O4. The molecule has 2 rings (SSSR count). The summed E-state index contributed by atoms with van der Waals surface area (Å²) in [6, 6.07) is 17.1. The van der Waals surface area contributed by atoms with E-state index in [-0.39, 0.29) is 24.2 Å². The highest BCUT2D eigenvalue weighted by Crippen LogP contribution is 2.24. The third kappa shape index (κ3) is 8.50. The largest absolute Gasteiger partial charge is 0.481 e. The number of carbonyl (C=O) groups excluding carboxylic acids is 3. The molecule has 0 bridgehead atoms. The zero-order valence-corrected chi connectivity index (χ0v) is 18.5. The Morgan fingerprint density at radius 2 is 1.48 bits per heavy atom. The monoisotopic (exact) mass is 425 g/mol. The lowest BCUT2D eigenvalue weighted by atomic mass is 9.87. The van der Waals surface area contributed by atoms with Crippen molar-refractivity contribution in [2.75, 3.05) is 0 Å². The predicted octanol–water partition coefficient (Wildman–Crippen LogP) is 3.00. The first-order valence-electron chi connectivity index (χ1n) is 10.3. The van der Waals surface area contributed by atoms with E-state index in [1.54, 1.807) is 6.92 Å². The maximum Gasteiger partial charge on any atom is 0.279 e. The second kappa shape index (κ2) is 11.2. The van der Waals surface area contributed by atoms with Crippen LogP contribution >= 0.6 is 0 Å². The van der Waals surface area contributed by atoms with Crippen LogP contribution < -0.4 is 20.9 Å². The second-order valence-corrected chi connectivity index (χ2v) is 8.33. The van der Waals surface area contributed by atoms with Gasteiger partial charge in [-0.2, -0.15) is 0 Å². The fraction of sp³-hybridized carbons (Fsp3) is 0.375. The summed E-state index contributed by atoms with van der Waals surface area (Å²) in [4.78, 5) is 35.9. The molecule has 3 amide bonds. The average molecular weight is 426 g/mol. The molecule has 0 aliphatic carbocycles. The van der Waals surface area contributed by atoms with Gasteiger partial charge >= 0.3 is 0 Å². The summed E-state index contributed by atoms with van der Waals surface area (Å²) < 4.78 is 5.62. The van der Waals surface area contributed by atoms with Gasteiger partial charge in [-0.15, -0.1) is 0 Å². The van der Waals surface area contributed by atoms with Gasteiger partial charge in [-0.25, -0.2) is 0 Å². The summed E-state index contributed by atoms with van der Waals surface area (Å²) in [6.07, 6.45) is -0.805. The third-order valence-electron chi connectivity index (χ3n) is 4.64. The van der Waals surface area contributed by atoms with Crippen LogP contribution in [0.3, 0.4) is 0 Å². The van der Waals surface area contributed by atoms with Gasteiger partial charge in [0.15, 0.2) is 6.10 Å². The Balaban J connectivity index is 1.67. The van der Waals surface area contributed by atoms with Crippen LogP contribution in [0.4, 0.5) is 0 Å². The van der Waals surface area contributed by atoms with E-state index >= 15 is 0 Å². The van der Waals surface area contributed by atoms with Gasteiger partial charge in [0.05, 0.1) is 0 Å². The van der Waals surface area contributed by atoms with Gasteiger partial charge in [0, 0.05) is 19.4 Å². The molecule has 0 saturated carbocycles. The quantitative estimate of drug-likeness (QED) is 0.567. The molecule has 31 heavy (non-hydrogen) atoms. The summed E-state index contributed by atoms with van der Waals surface area (Å²) in [7, 11) is 0. The van der Waals surface area contributed by atoms with E-state index in [0.717, 1.165) is 11.1 Å². The fourth-order valence-corrected chi connectivity index (χ4v) is 2.70. The van der Waals surface area contributed by atoms with Crippen molar-refractivity contribution in [2.45, 2.75) is 58.6 Å². The lowest BCUT2D eigenvalue weighted by Gasteiger charge is -2.20. The lowest BCUT2D eigenvalue weighted by Crippen LogP contribution is -2.47. The Labute approximate surface area is 183 Å². The minimum absolute atomic E-state index is 0.0285. The molecule has 0 aliphatic rings. The molecule has 2 aromatic carbocycles. The number of ether oxygens (including phenoxy) is 1. The first kappa shape index (κ1) is 23.9. The van der Waals surface area contributed by atoms with Crippen molar-refractivity contribution in [3.05, 3.63) is 65.7 Å². The fourth-order valence-electron chi connectivity index (χ4n) is 2.70. The SMILES string of the molecule is CC(Oc1ccc(C(C)(C)C)cc1)C(=O)NNC(=O)CCC(=O)NCc1ccccc1. The maximum absolute atomic E-state index is 12.1. The molecule has 0 spiro atoms. The van der Waals surface area contributed by atoms with Crippen molar-refractivity contribution < 1.29 is 19.1 Å². The summed E-state index contributed by atoms with van der Waals surface area (Å²) >= 11 is 0. The second-order valence-electron chi connectivity index (χ2n) is 8.33. The summed E-state index contributed by atoms with van der Waals surface area (Å²) in [6.45, 7) is 8.36. The number of hydrazine groups is 1. The van der Waals surface area contributed by atoms with Crippen molar-refractivity contribution in [2.24, 2.45) is 0 Å². The molecule has 0 heterocycles. The molecule has 7 heteroatoms. The van der Waals surface area contributed by atoms with Crippen molar-refractivity contribution in [3.63, 3.8) is 0 Å². The van der Waals surface area contributed by atoms with Crippen LogP contribution in [0.5, 0.6) is 5.75 Å². The first-order chi connectivity index (χ1) is 14.6. The van der Waals surface area contributed by atoms with Gasteiger partial charge in [0.2, 0.25) is 11.8 Å². The highest BCUT2D eigenvalue weighted by Gasteiger charge is 2.17. The van der Waals surface area contributed by atoms with E-state index in [1.165, 1.54) is 0 Å². The number of benzene rings is 2. The van der Waals surface area contributed by atoms with Crippen LogP contribution in [0.2, 0.25) is 0 Å².